The van der Waals surface area contributed by atoms with Gasteiger partial charge in [-0.2, -0.15) is 0 Å². The Balaban J connectivity index is 0.00000152. The first kappa shape index (κ1) is 26.6. The van der Waals surface area contributed by atoms with Gasteiger partial charge in [0.2, 0.25) is 0 Å². The summed E-state index contributed by atoms with van der Waals surface area (Å²) in [5.41, 5.74) is 15.3. The number of halogens is 2. The number of benzene rings is 4. The van der Waals surface area contributed by atoms with Gasteiger partial charge in [0.05, 0.1) is 0 Å². The van der Waals surface area contributed by atoms with Gasteiger partial charge in [-0.05, 0) is 0 Å². The Bertz CT molecular complexity index is 1420. The molecule has 6 rings (SSSR count). The van der Waals surface area contributed by atoms with E-state index in [0.717, 1.165) is 24.4 Å². The number of aryl methyl sites for hydroxylation is 2. The Kier molecular flexibility index (Phi) is 8.05. The largest absolute Gasteiger partial charge is 0.147 e. The topological polar surface area (TPSA) is 0 Å². The molecule has 0 N–H and O–H groups in total. The molecule has 0 saturated carbocycles. The molecule has 0 aliphatic heterocycles. The number of hydrogen-bond acceptors (Lipinski definition) is 0. The fourth-order valence-electron chi connectivity index (χ4n) is 5.68. The second-order valence-corrected chi connectivity index (χ2v) is 11.0. The van der Waals surface area contributed by atoms with Crippen molar-refractivity contribution in [3.63, 3.8) is 0 Å². The minimum atomic E-state index is 0. The van der Waals surface area contributed by atoms with Crippen LogP contribution in [0.2, 0.25) is 0 Å². The summed E-state index contributed by atoms with van der Waals surface area (Å²) in [5.74, 6) is 0.304. The third kappa shape index (κ3) is 4.32. The van der Waals surface area contributed by atoms with Gasteiger partial charge in [0.25, 0.3) is 0 Å². The standard InChI is InChI=1S/C33H25.2ClH.Hf/c1-22-11-9-17-28-30(22)31-23(2)12-10-18-29(31)33(28)27-20-19-26(21-27)32(24-13-5-3-6-14-24)25-15-7-4-8-16-25;;;/h3-20,33H,1-2H3;2*1H;. The summed E-state index contributed by atoms with van der Waals surface area (Å²) in [6.07, 6.45) is 4.77. The maximum Gasteiger partial charge on any atom is -0.147 e. The molecule has 4 aromatic rings. The van der Waals surface area contributed by atoms with E-state index in [9.17, 15) is 0 Å². The van der Waals surface area contributed by atoms with Crippen molar-refractivity contribution in [1.29, 1.82) is 0 Å². The molecule has 0 unspecified atom stereocenters. The van der Waals surface area contributed by atoms with E-state index in [1.165, 1.54) is 64.6 Å². The van der Waals surface area contributed by atoms with Crippen molar-refractivity contribution in [2.24, 2.45) is 0 Å². The molecule has 0 atom stereocenters. The van der Waals surface area contributed by atoms with Gasteiger partial charge in [0, 0.05) is 0 Å². The van der Waals surface area contributed by atoms with Crippen LogP contribution in [0.4, 0.5) is 0 Å². The van der Waals surface area contributed by atoms with Crippen molar-refractivity contribution < 1.29 is 24.4 Å². The first-order valence-corrected chi connectivity index (χ1v) is 13.6. The van der Waals surface area contributed by atoms with E-state index >= 15 is 0 Å². The molecule has 0 heterocycles. The van der Waals surface area contributed by atoms with Crippen molar-refractivity contribution in [3.05, 3.63) is 157 Å². The Labute approximate surface area is 241 Å². The fraction of sp³-hybridized carbons (Fsp3) is 0.0909. The monoisotopic (exact) mass is 673 g/mol. The first-order valence-electron chi connectivity index (χ1n) is 11.8. The van der Waals surface area contributed by atoms with Crippen molar-refractivity contribution in [2.75, 3.05) is 0 Å². The van der Waals surface area contributed by atoms with Gasteiger partial charge in [-0.3, -0.25) is 0 Å². The van der Waals surface area contributed by atoms with Crippen LogP contribution >= 0.6 is 24.8 Å². The van der Waals surface area contributed by atoms with E-state index in [4.69, 9.17) is 0 Å². The number of rotatable bonds is 3. The van der Waals surface area contributed by atoms with Gasteiger partial charge in [0.1, 0.15) is 0 Å². The summed E-state index contributed by atoms with van der Waals surface area (Å²) in [7, 11) is 0. The van der Waals surface area contributed by atoms with Crippen LogP contribution in [0.1, 0.15) is 39.3 Å². The third-order valence-corrected chi connectivity index (χ3v) is 9.18. The minimum absolute atomic E-state index is 0. The maximum absolute atomic E-state index is 2.40. The smallest absolute Gasteiger partial charge is 0.147 e. The van der Waals surface area contributed by atoms with Gasteiger partial charge < -0.3 is 0 Å². The van der Waals surface area contributed by atoms with Crippen LogP contribution in [-0.2, 0) is 24.4 Å². The van der Waals surface area contributed by atoms with E-state index in [1.54, 1.807) is 0 Å². The van der Waals surface area contributed by atoms with Crippen LogP contribution in [0.25, 0.3) is 16.7 Å². The molecule has 177 valence electrons. The zero-order valence-electron chi connectivity index (χ0n) is 20.3. The van der Waals surface area contributed by atoms with Crippen molar-refractivity contribution in [2.45, 2.75) is 19.8 Å². The summed E-state index contributed by atoms with van der Waals surface area (Å²) in [6, 6.07) is 35.4. The van der Waals surface area contributed by atoms with Crippen LogP contribution in [0.3, 0.4) is 0 Å². The fourth-order valence-corrected chi connectivity index (χ4v) is 7.25. The molecule has 0 aromatic heterocycles. The normalized spacial score (nSPS) is 13.6. The molecule has 36 heavy (non-hydrogen) atoms. The zero-order chi connectivity index (χ0) is 23.2. The number of fused-ring (bicyclic) bond motifs is 3. The summed E-state index contributed by atoms with van der Waals surface area (Å²) in [5, 5.41) is 0. The second kappa shape index (κ2) is 10.9. The first-order chi connectivity index (χ1) is 16.6. The van der Waals surface area contributed by atoms with Gasteiger partial charge in [-0.25, -0.2) is 0 Å². The van der Waals surface area contributed by atoms with Crippen LogP contribution in [0, 0.1) is 13.8 Å². The van der Waals surface area contributed by atoms with E-state index in [0.29, 0.717) is 5.92 Å². The molecule has 0 spiro atoms. The van der Waals surface area contributed by atoms with Crippen LogP contribution in [-0.4, -0.2) is 0 Å². The van der Waals surface area contributed by atoms with Crippen LogP contribution in [0.5, 0.6) is 0 Å². The predicted molar refractivity (Wildman–Crippen MR) is 153 cm³/mol. The van der Waals surface area contributed by atoms with Crippen molar-refractivity contribution in [1.82, 2.24) is 0 Å². The Hall–Kier alpha value is -2.45. The molecular formula is C33H27Cl2Hf. The molecule has 2 aliphatic carbocycles. The third-order valence-electron chi connectivity index (χ3n) is 7.17. The molecule has 0 bridgehead atoms. The Morgan fingerprint density at radius 3 is 1.53 bits per heavy atom. The maximum atomic E-state index is 2.40. The van der Waals surface area contributed by atoms with Crippen molar-refractivity contribution >= 4 is 30.4 Å². The van der Waals surface area contributed by atoms with Crippen LogP contribution in [0.15, 0.2) is 124 Å². The van der Waals surface area contributed by atoms with Gasteiger partial charge >= 0.3 is 218 Å². The molecule has 0 saturated heterocycles. The average molecular weight is 673 g/mol. The van der Waals surface area contributed by atoms with Gasteiger partial charge in [0.15, 0.2) is 0 Å². The van der Waals surface area contributed by atoms with Crippen LogP contribution < -0.4 is 0 Å². The predicted octanol–water partition coefficient (Wildman–Crippen LogP) is 9.13. The Morgan fingerprint density at radius 2 is 1.06 bits per heavy atom. The SMILES string of the molecule is Cc1cccc2c1-c1c(C)cccc1C2C1=[C]([Hf])C(=C(c2ccccc2)c2ccccc2)C=C1.Cl.Cl. The zero-order valence-corrected chi connectivity index (χ0v) is 25.5. The molecule has 0 amide bonds. The van der Waals surface area contributed by atoms with E-state index in [2.05, 4.69) is 123 Å². The summed E-state index contributed by atoms with van der Waals surface area (Å²) in [6.45, 7) is 4.51. The number of hydrogen-bond donors (Lipinski definition) is 0. The van der Waals surface area contributed by atoms with E-state index in [1.807, 2.05) is 0 Å². The molecular weight excluding hydrogens is 646 g/mol. The quantitative estimate of drug-likeness (QED) is 0.191. The molecule has 0 nitrogen and oxygen atoms in total. The van der Waals surface area contributed by atoms with Gasteiger partial charge in [-0.1, -0.05) is 0 Å². The molecule has 4 aromatic carbocycles. The summed E-state index contributed by atoms with van der Waals surface area (Å²) >= 11 is 0.993. The summed E-state index contributed by atoms with van der Waals surface area (Å²) < 4.78 is 1.51. The van der Waals surface area contributed by atoms with E-state index < -0.39 is 0 Å². The van der Waals surface area contributed by atoms with Crippen molar-refractivity contribution in [3.8, 4) is 11.1 Å². The second-order valence-electron chi connectivity index (χ2n) is 9.20. The molecule has 3 heteroatoms. The summed E-state index contributed by atoms with van der Waals surface area (Å²) in [4.78, 5) is 0. The Morgan fingerprint density at radius 1 is 0.583 bits per heavy atom. The minimum Gasteiger partial charge on any atom is -0.147 e. The number of allylic oxidation sites excluding steroid dienone is 5. The molecule has 0 radical (unpaired) electrons. The van der Waals surface area contributed by atoms with E-state index in [-0.39, 0.29) is 24.8 Å². The molecule has 0 fully saturated rings. The average Bonchev–Trinajstić information content (AvgIpc) is 3.40. The van der Waals surface area contributed by atoms with Gasteiger partial charge in [-0.15, -0.1) is 24.8 Å². The molecule has 2 aliphatic rings.